The average Bonchev–Trinajstić information content (AvgIpc) is 2.37. The van der Waals surface area contributed by atoms with E-state index in [1.54, 1.807) is 0 Å². The van der Waals surface area contributed by atoms with E-state index in [9.17, 15) is 0 Å². The van der Waals surface area contributed by atoms with Crippen LogP contribution in [0.5, 0.6) is 0 Å². The molecule has 0 amide bonds. The largest absolute Gasteiger partial charge is 0.420 e. The fourth-order valence-electron chi connectivity index (χ4n) is 2.39. The van der Waals surface area contributed by atoms with Crippen molar-refractivity contribution in [2.75, 3.05) is 68.0 Å². The molecular weight excluding hydrogens is 278 g/mol. The van der Waals surface area contributed by atoms with E-state index in [0.717, 1.165) is 0 Å². The summed E-state index contributed by atoms with van der Waals surface area (Å²) in [6.45, 7) is 10.7. The first-order valence-corrected chi connectivity index (χ1v) is 11.5. The van der Waals surface area contributed by atoms with E-state index in [2.05, 4.69) is 56.0 Å². The molecule has 21 heavy (non-hydrogen) atoms. The van der Waals surface area contributed by atoms with E-state index in [-0.39, 0.29) is 0 Å². The fraction of sp³-hybridized carbons (Fsp3) is 1.00. The molecule has 0 radical (unpaired) electrons. The summed E-state index contributed by atoms with van der Waals surface area (Å²) in [7, 11) is 9.11. The lowest BCUT2D eigenvalue weighted by Gasteiger charge is -2.26. The second-order valence-corrected chi connectivity index (χ2v) is 11.7. The van der Waals surface area contributed by atoms with Crippen molar-refractivity contribution in [1.82, 2.24) is 14.7 Å². The molecule has 0 fully saturated rings. The van der Waals surface area contributed by atoms with Crippen molar-refractivity contribution >= 4 is 8.32 Å². The molecule has 0 saturated heterocycles. The van der Waals surface area contributed by atoms with Gasteiger partial charge in [0.15, 0.2) is 8.32 Å². The third-order valence-corrected chi connectivity index (χ3v) is 6.63. The van der Waals surface area contributed by atoms with Crippen LogP contribution in [0.15, 0.2) is 0 Å². The van der Waals surface area contributed by atoms with Crippen molar-refractivity contribution in [2.45, 2.75) is 38.4 Å². The van der Waals surface area contributed by atoms with Crippen LogP contribution in [0.25, 0.3) is 0 Å². The molecule has 0 spiro atoms. The topological polar surface area (TPSA) is 19.0 Å². The van der Waals surface area contributed by atoms with E-state index in [1.165, 1.54) is 58.0 Å². The van der Waals surface area contributed by atoms with Gasteiger partial charge in [0.05, 0.1) is 0 Å². The van der Waals surface area contributed by atoms with Gasteiger partial charge in [0, 0.05) is 7.11 Å². The highest BCUT2D eigenvalue weighted by Crippen LogP contribution is 2.13. The number of rotatable bonds is 13. The molecule has 0 N–H and O–H groups in total. The Morgan fingerprint density at radius 2 is 1.14 bits per heavy atom. The summed E-state index contributed by atoms with van der Waals surface area (Å²) < 4.78 is 5.65. The average molecular weight is 318 g/mol. The number of hydrogen-bond acceptors (Lipinski definition) is 4. The molecule has 0 heterocycles. The lowest BCUT2D eigenvalue weighted by atomic mass is 10.3. The van der Waals surface area contributed by atoms with E-state index < -0.39 is 8.32 Å². The Morgan fingerprint density at radius 1 is 0.714 bits per heavy atom. The Labute approximate surface area is 134 Å². The minimum Gasteiger partial charge on any atom is -0.420 e. The first-order chi connectivity index (χ1) is 9.76. The fourth-order valence-corrected chi connectivity index (χ4v) is 3.60. The van der Waals surface area contributed by atoms with Crippen LogP contribution in [0.2, 0.25) is 19.1 Å². The van der Waals surface area contributed by atoms with E-state index in [1.807, 2.05) is 7.11 Å². The number of nitrogens with zero attached hydrogens (tertiary/aromatic N) is 3. The Morgan fingerprint density at radius 3 is 1.52 bits per heavy atom. The molecule has 0 aromatic carbocycles. The molecule has 0 bridgehead atoms. The summed E-state index contributed by atoms with van der Waals surface area (Å²) in [6, 6.07) is 1.27. The van der Waals surface area contributed by atoms with Crippen molar-refractivity contribution < 1.29 is 4.43 Å². The Hall–Kier alpha value is 0.0569. The van der Waals surface area contributed by atoms with Crippen LogP contribution in [-0.4, -0.2) is 91.0 Å². The highest BCUT2D eigenvalue weighted by atomic mass is 28.4. The minimum atomic E-state index is -1.39. The third-order valence-electron chi connectivity index (χ3n) is 3.97. The summed E-state index contributed by atoms with van der Waals surface area (Å²) in [6.07, 6.45) is 3.80. The van der Waals surface area contributed by atoms with Gasteiger partial charge in [0.1, 0.15) is 0 Å². The smallest absolute Gasteiger partial charge is 0.186 e. The van der Waals surface area contributed by atoms with Gasteiger partial charge < -0.3 is 19.1 Å². The molecule has 0 aliphatic carbocycles. The molecule has 0 rings (SSSR count). The van der Waals surface area contributed by atoms with Crippen molar-refractivity contribution in [2.24, 2.45) is 0 Å². The van der Waals surface area contributed by atoms with Crippen LogP contribution in [0.1, 0.15) is 19.3 Å². The van der Waals surface area contributed by atoms with Crippen LogP contribution < -0.4 is 0 Å². The Balaban J connectivity index is 4.04. The van der Waals surface area contributed by atoms with Crippen LogP contribution in [0, 0.1) is 0 Å². The van der Waals surface area contributed by atoms with Crippen LogP contribution >= 0.6 is 0 Å². The maximum absolute atomic E-state index is 5.65. The predicted octanol–water partition coefficient (Wildman–Crippen LogP) is 2.43. The van der Waals surface area contributed by atoms with Gasteiger partial charge in [0.25, 0.3) is 0 Å². The van der Waals surface area contributed by atoms with Gasteiger partial charge in [-0.15, -0.1) is 0 Å². The van der Waals surface area contributed by atoms with Crippen molar-refractivity contribution in [1.29, 1.82) is 0 Å². The van der Waals surface area contributed by atoms with Crippen molar-refractivity contribution in [3.63, 3.8) is 0 Å². The van der Waals surface area contributed by atoms with Crippen molar-refractivity contribution in [3.8, 4) is 0 Å². The molecule has 0 aromatic rings. The highest BCUT2D eigenvalue weighted by molar-refractivity contribution is 6.71. The first-order valence-electron chi connectivity index (χ1n) is 8.34. The standard InChI is InChI=1S/C16H39N3OSi/c1-17(2)11-8-13-19(14-9-12-18(3)4)15-10-16-21(6,7)20-5/h8-16H2,1-7H3. The Kier molecular flexibility index (Phi) is 11.6. The molecule has 5 heteroatoms. The molecule has 0 saturated carbocycles. The minimum absolute atomic E-state index is 1.18. The first kappa shape index (κ1) is 21.1. The van der Waals surface area contributed by atoms with Crippen LogP contribution in [0.3, 0.4) is 0 Å². The molecule has 4 nitrogen and oxygen atoms in total. The van der Waals surface area contributed by atoms with Gasteiger partial charge >= 0.3 is 0 Å². The maximum Gasteiger partial charge on any atom is 0.186 e. The molecule has 128 valence electrons. The normalized spacial score (nSPS) is 12.9. The SMILES string of the molecule is CO[Si](C)(C)CCCN(CCCN(C)C)CCCN(C)C. The highest BCUT2D eigenvalue weighted by Gasteiger charge is 2.20. The van der Waals surface area contributed by atoms with Gasteiger partial charge in [-0.2, -0.15) is 0 Å². The summed E-state index contributed by atoms with van der Waals surface area (Å²) in [5.74, 6) is 0. The maximum atomic E-state index is 5.65. The predicted molar refractivity (Wildman–Crippen MR) is 96.7 cm³/mol. The van der Waals surface area contributed by atoms with Crippen LogP contribution in [-0.2, 0) is 4.43 Å². The lowest BCUT2D eigenvalue weighted by Crippen LogP contribution is -2.33. The molecular formula is C16H39N3OSi. The second-order valence-electron chi connectivity index (χ2n) is 7.22. The molecule has 0 aliphatic heterocycles. The quantitative estimate of drug-likeness (QED) is 0.486. The zero-order valence-corrected chi connectivity index (χ0v) is 16.6. The van der Waals surface area contributed by atoms with Gasteiger partial charge in [0.2, 0.25) is 0 Å². The zero-order chi connectivity index (χ0) is 16.3. The summed E-state index contributed by atoms with van der Waals surface area (Å²) in [5.41, 5.74) is 0. The zero-order valence-electron chi connectivity index (χ0n) is 15.6. The summed E-state index contributed by atoms with van der Waals surface area (Å²) in [4.78, 5) is 7.20. The molecule has 0 aliphatic rings. The Bertz CT molecular complexity index is 234. The summed E-state index contributed by atoms with van der Waals surface area (Å²) >= 11 is 0. The van der Waals surface area contributed by atoms with E-state index in [0.29, 0.717) is 0 Å². The van der Waals surface area contributed by atoms with Gasteiger partial charge in [-0.3, -0.25) is 0 Å². The van der Waals surface area contributed by atoms with E-state index in [4.69, 9.17) is 4.43 Å². The van der Waals surface area contributed by atoms with Gasteiger partial charge in [-0.05, 0) is 99.3 Å². The van der Waals surface area contributed by atoms with E-state index >= 15 is 0 Å². The summed E-state index contributed by atoms with van der Waals surface area (Å²) in [5, 5.41) is 0. The van der Waals surface area contributed by atoms with Gasteiger partial charge in [-0.1, -0.05) is 0 Å². The lowest BCUT2D eigenvalue weighted by molar-refractivity contribution is 0.240. The monoisotopic (exact) mass is 317 g/mol. The third kappa shape index (κ3) is 13.4. The van der Waals surface area contributed by atoms with Gasteiger partial charge in [-0.25, -0.2) is 0 Å². The number of hydrogen-bond donors (Lipinski definition) is 0. The van der Waals surface area contributed by atoms with Crippen molar-refractivity contribution in [3.05, 3.63) is 0 Å². The molecule has 0 atom stereocenters. The molecule has 0 aromatic heterocycles. The molecule has 0 unspecified atom stereocenters. The second kappa shape index (κ2) is 11.6. The van der Waals surface area contributed by atoms with Crippen LogP contribution in [0.4, 0.5) is 0 Å².